The van der Waals surface area contributed by atoms with E-state index < -0.39 is 11.9 Å². The second kappa shape index (κ2) is 7.00. The van der Waals surface area contributed by atoms with Gasteiger partial charge in [0.15, 0.2) is 0 Å². The molecule has 0 aliphatic rings. The highest BCUT2D eigenvalue weighted by atomic mass is 32.2. The molecule has 1 N–H and O–H groups in total. The van der Waals surface area contributed by atoms with Crippen LogP contribution in [0, 0.1) is 0 Å². The Morgan fingerprint density at radius 1 is 1.50 bits per heavy atom. The van der Waals surface area contributed by atoms with E-state index >= 15 is 0 Å². The van der Waals surface area contributed by atoms with Gasteiger partial charge in [-0.2, -0.15) is 0 Å². The number of carbonyl (C=O) groups excluding carboxylic acids is 1. The van der Waals surface area contributed by atoms with E-state index in [1.54, 1.807) is 19.1 Å². The lowest BCUT2D eigenvalue weighted by molar-refractivity contribution is -0.136. The zero-order chi connectivity index (χ0) is 13.5. The fourth-order valence-electron chi connectivity index (χ4n) is 1.28. The summed E-state index contributed by atoms with van der Waals surface area (Å²) in [6, 6.07) is 3.32. The highest BCUT2D eigenvalue weighted by Crippen LogP contribution is 2.23. The van der Waals surface area contributed by atoms with Crippen LogP contribution >= 0.6 is 11.8 Å². The molecule has 0 bridgehead atoms. The Kier molecular flexibility index (Phi) is 5.64. The van der Waals surface area contributed by atoms with E-state index in [0.29, 0.717) is 17.2 Å². The lowest BCUT2D eigenvalue weighted by atomic mass is 10.3. The Hall–Kier alpha value is -1.56. The molecule has 0 saturated heterocycles. The van der Waals surface area contributed by atoms with E-state index in [1.807, 2.05) is 6.92 Å². The van der Waals surface area contributed by atoms with Gasteiger partial charge < -0.3 is 9.84 Å². The van der Waals surface area contributed by atoms with Gasteiger partial charge in [-0.15, -0.1) is 11.8 Å². The molecule has 0 spiro atoms. The van der Waals surface area contributed by atoms with Crippen molar-refractivity contribution in [3.8, 4) is 0 Å². The van der Waals surface area contributed by atoms with E-state index in [1.165, 1.54) is 18.0 Å². The standard InChI is InChI=1S/C12H15NO4S/c1-3-17-12(16)9-4-5-10(13-7-9)18-8(2)6-11(14)15/h4-5,7-8H,3,6H2,1-2H3,(H,14,15). The first-order chi connectivity index (χ1) is 8.52. The molecule has 5 nitrogen and oxygen atoms in total. The number of thioether (sulfide) groups is 1. The first-order valence-electron chi connectivity index (χ1n) is 5.54. The van der Waals surface area contributed by atoms with Crippen molar-refractivity contribution < 1.29 is 19.4 Å². The van der Waals surface area contributed by atoms with Gasteiger partial charge >= 0.3 is 11.9 Å². The summed E-state index contributed by atoms with van der Waals surface area (Å²) in [5.41, 5.74) is 0.395. The van der Waals surface area contributed by atoms with Gasteiger partial charge in [-0.3, -0.25) is 4.79 Å². The first kappa shape index (κ1) is 14.5. The molecule has 1 aromatic rings. The first-order valence-corrected chi connectivity index (χ1v) is 6.42. The molecule has 6 heteroatoms. The fourth-order valence-corrected chi connectivity index (χ4v) is 2.18. The van der Waals surface area contributed by atoms with Crippen molar-refractivity contribution in [3.63, 3.8) is 0 Å². The maximum Gasteiger partial charge on any atom is 0.339 e. The molecule has 0 aliphatic heterocycles. The third-order valence-electron chi connectivity index (χ3n) is 2.03. The van der Waals surface area contributed by atoms with Gasteiger partial charge in [0.25, 0.3) is 0 Å². The van der Waals surface area contributed by atoms with Crippen molar-refractivity contribution in [2.75, 3.05) is 6.61 Å². The number of aromatic nitrogens is 1. The minimum absolute atomic E-state index is 0.0663. The molecule has 0 aliphatic carbocycles. The van der Waals surface area contributed by atoms with E-state index in [0.717, 1.165) is 0 Å². The molecule has 0 amide bonds. The lowest BCUT2D eigenvalue weighted by Gasteiger charge is -2.07. The zero-order valence-corrected chi connectivity index (χ0v) is 11.1. The summed E-state index contributed by atoms with van der Waals surface area (Å²) in [6.45, 7) is 3.88. The van der Waals surface area contributed by atoms with Crippen LogP contribution in [0.5, 0.6) is 0 Å². The van der Waals surface area contributed by atoms with Gasteiger partial charge in [0, 0.05) is 11.4 Å². The average molecular weight is 269 g/mol. The number of esters is 1. The van der Waals surface area contributed by atoms with Gasteiger partial charge in [0.2, 0.25) is 0 Å². The van der Waals surface area contributed by atoms with Crippen LogP contribution in [-0.4, -0.2) is 33.9 Å². The molecule has 98 valence electrons. The minimum Gasteiger partial charge on any atom is -0.481 e. The number of pyridine rings is 1. The van der Waals surface area contributed by atoms with Crippen molar-refractivity contribution in [1.29, 1.82) is 0 Å². The second-order valence-corrected chi connectivity index (χ2v) is 5.09. The second-order valence-electron chi connectivity index (χ2n) is 3.63. The van der Waals surface area contributed by atoms with E-state index in [9.17, 15) is 9.59 Å². The Labute approximate surface area is 110 Å². The monoisotopic (exact) mass is 269 g/mol. The summed E-state index contributed by atoms with van der Waals surface area (Å²) < 4.78 is 4.84. The predicted octanol–water partition coefficient (Wildman–Crippen LogP) is 2.21. The number of carboxylic acid groups (broad SMARTS) is 1. The van der Waals surface area contributed by atoms with E-state index in [-0.39, 0.29) is 11.7 Å². The summed E-state index contributed by atoms with van der Waals surface area (Å²) in [5.74, 6) is -1.24. The molecule has 0 radical (unpaired) electrons. The summed E-state index contributed by atoms with van der Waals surface area (Å²) in [4.78, 5) is 26.0. The molecule has 0 saturated carbocycles. The molecule has 1 atom stereocenters. The van der Waals surface area contributed by atoms with E-state index in [4.69, 9.17) is 9.84 Å². The number of carboxylic acids is 1. The molecule has 18 heavy (non-hydrogen) atoms. The van der Waals surface area contributed by atoms with Gasteiger partial charge in [0.05, 0.1) is 23.6 Å². The largest absolute Gasteiger partial charge is 0.481 e. The van der Waals surface area contributed by atoms with Gasteiger partial charge in [-0.05, 0) is 19.1 Å². The Balaban J connectivity index is 2.60. The van der Waals surface area contributed by atoms with Crippen molar-refractivity contribution in [2.24, 2.45) is 0 Å². The Morgan fingerprint density at radius 2 is 2.22 bits per heavy atom. The van der Waals surface area contributed by atoms with Crippen LogP contribution in [0.4, 0.5) is 0 Å². The summed E-state index contributed by atoms with van der Waals surface area (Å²) in [6.07, 6.45) is 1.51. The smallest absolute Gasteiger partial charge is 0.339 e. The number of hydrogen-bond donors (Lipinski definition) is 1. The SMILES string of the molecule is CCOC(=O)c1ccc(SC(C)CC(=O)O)nc1. The highest BCUT2D eigenvalue weighted by Gasteiger charge is 2.11. The van der Waals surface area contributed by atoms with Crippen LogP contribution in [-0.2, 0) is 9.53 Å². The van der Waals surface area contributed by atoms with Gasteiger partial charge in [-0.1, -0.05) is 6.92 Å². The molecule has 0 fully saturated rings. The number of hydrogen-bond acceptors (Lipinski definition) is 5. The van der Waals surface area contributed by atoms with Crippen LogP contribution < -0.4 is 0 Å². The fraction of sp³-hybridized carbons (Fsp3) is 0.417. The minimum atomic E-state index is -0.835. The zero-order valence-electron chi connectivity index (χ0n) is 10.3. The predicted molar refractivity (Wildman–Crippen MR) is 67.8 cm³/mol. The Bertz CT molecular complexity index is 419. The molecule has 1 aromatic heterocycles. The quantitative estimate of drug-likeness (QED) is 0.630. The lowest BCUT2D eigenvalue weighted by Crippen LogP contribution is -2.07. The van der Waals surface area contributed by atoms with Crippen molar-refractivity contribution in [2.45, 2.75) is 30.5 Å². The van der Waals surface area contributed by atoms with Crippen LogP contribution in [0.2, 0.25) is 0 Å². The maximum atomic E-state index is 11.4. The molecule has 1 heterocycles. The Morgan fingerprint density at radius 3 is 2.72 bits per heavy atom. The van der Waals surface area contributed by atoms with Gasteiger partial charge in [-0.25, -0.2) is 9.78 Å². The topological polar surface area (TPSA) is 76.5 Å². The van der Waals surface area contributed by atoms with Crippen LogP contribution in [0.15, 0.2) is 23.4 Å². The molecule has 0 aromatic carbocycles. The molecule has 1 unspecified atom stereocenters. The molecular weight excluding hydrogens is 254 g/mol. The third kappa shape index (κ3) is 4.75. The normalized spacial score (nSPS) is 11.9. The molecule has 1 rings (SSSR count). The molecular formula is C12H15NO4S. The number of carbonyl (C=O) groups is 2. The summed E-state index contributed by atoms with van der Waals surface area (Å²) in [7, 11) is 0. The summed E-state index contributed by atoms with van der Waals surface area (Å²) in [5, 5.41) is 9.27. The third-order valence-corrected chi connectivity index (χ3v) is 3.08. The van der Waals surface area contributed by atoms with Crippen LogP contribution in [0.25, 0.3) is 0 Å². The number of nitrogens with zero attached hydrogens (tertiary/aromatic N) is 1. The van der Waals surface area contributed by atoms with Gasteiger partial charge in [0.1, 0.15) is 0 Å². The average Bonchev–Trinajstić information content (AvgIpc) is 2.29. The van der Waals surface area contributed by atoms with E-state index in [2.05, 4.69) is 4.98 Å². The summed E-state index contributed by atoms with van der Waals surface area (Å²) >= 11 is 1.36. The number of aliphatic carboxylic acids is 1. The highest BCUT2D eigenvalue weighted by molar-refractivity contribution is 7.99. The van der Waals surface area contributed by atoms with Crippen molar-refractivity contribution in [1.82, 2.24) is 4.98 Å². The van der Waals surface area contributed by atoms with Crippen LogP contribution in [0.3, 0.4) is 0 Å². The van der Waals surface area contributed by atoms with Crippen molar-refractivity contribution >= 4 is 23.7 Å². The number of ether oxygens (including phenoxy) is 1. The number of rotatable bonds is 6. The van der Waals surface area contributed by atoms with Crippen molar-refractivity contribution in [3.05, 3.63) is 23.9 Å². The van der Waals surface area contributed by atoms with Crippen LogP contribution in [0.1, 0.15) is 30.6 Å². The maximum absolute atomic E-state index is 11.4.